The van der Waals surface area contributed by atoms with Crippen LogP contribution < -0.4 is 0 Å². The largest absolute Gasteiger partial charge is 0.256 e. The van der Waals surface area contributed by atoms with Crippen molar-refractivity contribution in [1.29, 1.82) is 0 Å². The summed E-state index contributed by atoms with van der Waals surface area (Å²) in [6, 6.07) is 33.7. The van der Waals surface area contributed by atoms with Gasteiger partial charge in [0.1, 0.15) is 0 Å². The quantitative estimate of drug-likeness (QED) is 0.239. The molecule has 0 amide bonds. The van der Waals surface area contributed by atoms with Gasteiger partial charge in [-0.15, -0.1) is 36.2 Å². The Labute approximate surface area is 186 Å². The van der Waals surface area contributed by atoms with E-state index in [1.54, 1.807) is 0 Å². The maximum atomic E-state index is 4.95. The molecule has 0 atom stereocenters. The summed E-state index contributed by atoms with van der Waals surface area (Å²) in [5.41, 5.74) is 4.62. The van der Waals surface area contributed by atoms with Crippen LogP contribution >= 0.6 is 36.2 Å². The number of thiol groups is 1. The molecule has 0 spiro atoms. The van der Waals surface area contributed by atoms with E-state index in [1.165, 1.54) is 20.9 Å². The second-order valence-electron chi connectivity index (χ2n) is 6.59. The van der Waals surface area contributed by atoms with Gasteiger partial charge in [-0.05, 0) is 59.7 Å². The summed E-state index contributed by atoms with van der Waals surface area (Å²) in [7, 11) is 0. The van der Waals surface area contributed by atoms with Gasteiger partial charge in [0.2, 0.25) is 0 Å². The van der Waals surface area contributed by atoms with Crippen LogP contribution in [-0.2, 0) is 11.5 Å². The average molecular weight is 432 g/mol. The van der Waals surface area contributed by atoms with Crippen molar-refractivity contribution in [3.05, 3.63) is 108 Å². The molecule has 29 heavy (non-hydrogen) atoms. The first-order valence-electron chi connectivity index (χ1n) is 9.41. The summed E-state index contributed by atoms with van der Waals surface area (Å²) >= 11 is 8.06. The Balaban J connectivity index is 1.58. The highest BCUT2D eigenvalue weighted by molar-refractivity contribution is 7.98. The van der Waals surface area contributed by atoms with Gasteiger partial charge < -0.3 is 0 Å². The fourth-order valence-electron chi connectivity index (χ4n) is 2.97. The molecule has 0 saturated heterocycles. The number of aromatic nitrogens is 1. The minimum absolute atomic E-state index is 0.853. The second-order valence-corrected chi connectivity index (χ2v) is 9.20. The van der Waals surface area contributed by atoms with Crippen LogP contribution in [0.5, 0.6) is 0 Å². The van der Waals surface area contributed by atoms with Crippen molar-refractivity contribution in [2.45, 2.75) is 26.2 Å². The monoisotopic (exact) mass is 431 g/mol. The first-order valence-corrected chi connectivity index (χ1v) is 11.8. The summed E-state index contributed by atoms with van der Waals surface area (Å²) < 4.78 is 0. The highest BCUT2D eigenvalue weighted by Gasteiger charge is 2.07. The number of hydrogen-bond acceptors (Lipinski definition) is 4. The zero-order valence-corrected chi connectivity index (χ0v) is 18.4. The van der Waals surface area contributed by atoms with E-state index in [2.05, 4.69) is 85.4 Å². The molecule has 4 aromatic rings. The summed E-state index contributed by atoms with van der Waals surface area (Å²) in [6.45, 7) is 0. The molecule has 0 saturated carbocycles. The van der Waals surface area contributed by atoms with E-state index in [9.17, 15) is 0 Å². The molecule has 0 aliphatic heterocycles. The summed E-state index contributed by atoms with van der Waals surface area (Å²) in [4.78, 5) is 8.45. The molecule has 0 fully saturated rings. The van der Waals surface area contributed by atoms with E-state index in [0.29, 0.717) is 0 Å². The molecule has 0 aliphatic carbocycles. The minimum atomic E-state index is 0.853. The molecule has 1 aromatic heterocycles. The third kappa shape index (κ3) is 5.92. The van der Waals surface area contributed by atoms with Crippen molar-refractivity contribution in [2.75, 3.05) is 0 Å². The first kappa shape index (κ1) is 20.1. The van der Waals surface area contributed by atoms with E-state index in [1.807, 2.05) is 47.8 Å². The highest BCUT2D eigenvalue weighted by atomic mass is 32.2. The van der Waals surface area contributed by atoms with Crippen molar-refractivity contribution >= 4 is 36.2 Å². The zero-order valence-electron chi connectivity index (χ0n) is 15.9. The van der Waals surface area contributed by atoms with E-state index in [0.717, 1.165) is 27.8 Å². The molecule has 0 radical (unpaired) electrons. The summed E-state index contributed by atoms with van der Waals surface area (Å²) in [5.74, 6) is 1.71. The molecule has 4 heteroatoms. The highest BCUT2D eigenvalue weighted by Crippen LogP contribution is 2.29. The van der Waals surface area contributed by atoms with Gasteiger partial charge in [0.05, 0.1) is 11.4 Å². The fourth-order valence-corrected chi connectivity index (χ4v) is 4.74. The number of nitrogens with zero attached hydrogens (tertiary/aromatic N) is 1. The molecule has 144 valence electrons. The van der Waals surface area contributed by atoms with Crippen molar-refractivity contribution in [3.8, 4) is 11.1 Å². The van der Waals surface area contributed by atoms with Crippen LogP contribution in [-0.4, -0.2) is 4.98 Å². The van der Waals surface area contributed by atoms with E-state index in [4.69, 9.17) is 4.98 Å². The van der Waals surface area contributed by atoms with Crippen molar-refractivity contribution < 1.29 is 0 Å². The van der Waals surface area contributed by atoms with E-state index >= 15 is 0 Å². The maximum absolute atomic E-state index is 4.95. The lowest BCUT2D eigenvalue weighted by Crippen LogP contribution is -1.95. The molecular formula is C25H21NS3. The van der Waals surface area contributed by atoms with Gasteiger partial charge in [0.25, 0.3) is 0 Å². The number of pyridine rings is 1. The molecule has 0 aliphatic rings. The van der Waals surface area contributed by atoms with Gasteiger partial charge >= 0.3 is 0 Å². The van der Waals surface area contributed by atoms with Gasteiger partial charge in [-0.1, -0.05) is 48.5 Å². The average Bonchev–Trinajstić information content (AvgIpc) is 2.78. The third-order valence-electron chi connectivity index (χ3n) is 4.39. The molecule has 0 N–H and O–H groups in total. The molecule has 3 aromatic carbocycles. The van der Waals surface area contributed by atoms with Gasteiger partial charge in [0, 0.05) is 26.2 Å². The van der Waals surface area contributed by atoms with Gasteiger partial charge in [0.15, 0.2) is 0 Å². The van der Waals surface area contributed by atoms with Gasteiger partial charge in [-0.25, -0.2) is 0 Å². The number of benzene rings is 3. The van der Waals surface area contributed by atoms with Crippen LogP contribution in [0.4, 0.5) is 0 Å². The third-order valence-corrected chi connectivity index (χ3v) is 6.78. The van der Waals surface area contributed by atoms with Crippen LogP contribution in [0.1, 0.15) is 11.4 Å². The SMILES string of the molecule is Sc1ccc(-c2cc(CSc3ccccc3)nc(CSc3ccccc3)c2)cc1. The van der Waals surface area contributed by atoms with E-state index < -0.39 is 0 Å². The number of rotatable bonds is 7. The normalized spacial score (nSPS) is 10.8. The lowest BCUT2D eigenvalue weighted by atomic mass is 10.1. The predicted molar refractivity (Wildman–Crippen MR) is 129 cm³/mol. The molecule has 0 unspecified atom stereocenters. The van der Waals surface area contributed by atoms with Crippen molar-refractivity contribution in [1.82, 2.24) is 4.98 Å². The summed E-state index contributed by atoms with van der Waals surface area (Å²) in [6.07, 6.45) is 0. The summed E-state index contributed by atoms with van der Waals surface area (Å²) in [5, 5.41) is 0. The number of hydrogen-bond donors (Lipinski definition) is 1. The topological polar surface area (TPSA) is 12.9 Å². The van der Waals surface area contributed by atoms with Crippen LogP contribution in [0.15, 0.2) is 112 Å². The van der Waals surface area contributed by atoms with Crippen LogP contribution in [0, 0.1) is 0 Å². The minimum Gasteiger partial charge on any atom is -0.256 e. The smallest absolute Gasteiger partial charge is 0.0516 e. The Bertz CT molecular complexity index is 987. The molecular weight excluding hydrogens is 410 g/mol. The molecule has 1 heterocycles. The lowest BCUT2D eigenvalue weighted by Gasteiger charge is -2.10. The standard InChI is InChI=1S/C25H21NS3/c27-23-13-11-19(12-14-23)20-15-21(17-28-24-7-3-1-4-8-24)26-22(16-20)18-29-25-9-5-2-6-10-25/h1-16,27H,17-18H2. The Hall–Kier alpha value is -2.14. The second kappa shape index (κ2) is 10.1. The Kier molecular flexibility index (Phi) is 6.99. The first-order chi connectivity index (χ1) is 14.3. The fraction of sp³-hybridized carbons (Fsp3) is 0.0800. The zero-order chi connectivity index (χ0) is 19.9. The van der Waals surface area contributed by atoms with Crippen LogP contribution in [0.3, 0.4) is 0 Å². The van der Waals surface area contributed by atoms with Crippen molar-refractivity contribution in [3.63, 3.8) is 0 Å². The van der Waals surface area contributed by atoms with Gasteiger partial charge in [-0.3, -0.25) is 4.98 Å². The maximum Gasteiger partial charge on any atom is 0.0516 e. The van der Waals surface area contributed by atoms with Gasteiger partial charge in [-0.2, -0.15) is 0 Å². The predicted octanol–water partition coefficient (Wildman–Crippen LogP) is 7.62. The number of thioether (sulfide) groups is 2. The Morgan fingerprint density at radius 3 is 1.55 bits per heavy atom. The molecule has 1 nitrogen and oxygen atoms in total. The molecule has 4 rings (SSSR count). The lowest BCUT2D eigenvalue weighted by molar-refractivity contribution is 1.09. The van der Waals surface area contributed by atoms with Crippen LogP contribution in [0.2, 0.25) is 0 Å². The molecule has 0 bridgehead atoms. The Morgan fingerprint density at radius 2 is 1.07 bits per heavy atom. The van der Waals surface area contributed by atoms with Crippen LogP contribution in [0.25, 0.3) is 11.1 Å². The van der Waals surface area contributed by atoms with E-state index in [-0.39, 0.29) is 0 Å². The Morgan fingerprint density at radius 1 is 0.586 bits per heavy atom. The van der Waals surface area contributed by atoms with Crippen molar-refractivity contribution in [2.24, 2.45) is 0 Å².